The first-order chi connectivity index (χ1) is 6.65. The van der Waals surface area contributed by atoms with Gasteiger partial charge in [0.25, 0.3) is 5.56 Å². The first-order valence-electron chi connectivity index (χ1n) is 4.85. The van der Waals surface area contributed by atoms with Crippen molar-refractivity contribution in [3.8, 4) is 0 Å². The SMILES string of the molecule is CCCC(C)Cn1cncc(Br)c1=O. The summed E-state index contributed by atoms with van der Waals surface area (Å²) in [7, 11) is 0. The molecule has 0 radical (unpaired) electrons. The van der Waals surface area contributed by atoms with Crippen LogP contribution in [0.5, 0.6) is 0 Å². The fraction of sp³-hybridized carbons (Fsp3) is 0.600. The van der Waals surface area contributed by atoms with E-state index in [2.05, 4.69) is 34.8 Å². The minimum atomic E-state index is 0.00273. The molecule has 1 heterocycles. The van der Waals surface area contributed by atoms with Crippen LogP contribution in [-0.2, 0) is 6.54 Å². The van der Waals surface area contributed by atoms with E-state index in [-0.39, 0.29) is 5.56 Å². The molecule has 0 saturated heterocycles. The lowest BCUT2D eigenvalue weighted by atomic mass is 10.1. The van der Waals surface area contributed by atoms with E-state index in [9.17, 15) is 4.79 Å². The molecule has 0 aliphatic rings. The highest BCUT2D eigenvalue weighted by Crippen LogP contribution is 2.07. The second-order valence-electron chi connectivity index (χ2n) is 3.59. The molecule has 0 bridgehead atoms. The zero-order chi connectivity index (χ0) is 10.6. The maximum absolute atomic E-state index is 11.6. The van der Waals surface area contributed by atoms with Crippen molar-refractivity contribution >= 4 is 15.9 Å². The third kappa shape index (κ3) is 2.94. The zero-order valence-electron chi connectivity index (χ0n) is 8.53. The van der Waals surface area contributed by atoms with Crippen molar-refractivity contribution in [3.63, 3.8) is 0 Å². The molecule has 14 heavy (non-hydrogen) atoms. The number of hydrogen-bond donors (Lipinski definition) is 0. The fourth-order valence-corrected chi connectivity index (χ4v) is 1.82. The van der Waals surface area contributed by atoms with Gasteiger partial charge in [0.1, 0.15) is 4.47 Å². The monoisotopic (exact) mass is 258 g/mol. The van der Waals surface area contributed by atoms with Gasteiger partial charge in [-0.25, -0.2) is 4.98 Å². The molecule has 0 spiro atoms. The lowest BCUT2D eigenvalue weighted by molar-refractivity contribution is 0.434. The maximum atomic E-state index is 11.6. The van der Waals surface area contributed by atoms with Crippen molar-refractivity contribution in [1.82, 2.24) is 9.55 Å². The van der Waals surface area contributed by atoms with E-state index in [4.69, 9.17) is 0 Å². The van der Waals surface area contributed by atoms with Gasteiger partial charge in [-0.3, -0.25) is 9.36 Å². The minimum Gasteiger partial charge on any atom is -0.298 e. The molecule has 0 fully saturated rings. The van der Waals surface area contributed by atoms with Crippen LogP contribution in [0.25, 0.3) is 0 Å². The summed E-state index contributed by atoms with van der Waals surface area (Å²) in [6.45, 7) is 5.05. The average molecular weight is 259 g/mol. The zero-order valence-corrected chi connectivity index (χ0v) is 10.1. The van der Waals surface area contributed by atoms with Gasteiger partial charge in [0.05, 0.1) is 6.33 Å². The highest BCUT2D eigenvalue weighted by Gasteiger charge is 2.05. The lowest BCUT2D eigenvalue weighted by Crippen LogP contribution is -2.23. The summed E-state index contributed by atoms with van der Waals surface area (Å²) >= 11 is 3.18. The number of rotatable bonds is 4. The standard InChI is InChI=1S/C10H15BrN2O/c1-3-4-8(2)6-13-7-12-5-9(11)10(13)14/h5,7-8H,3-4,6H2,1-2H3. The van der Waals surface area contributed by atoms with Gasteiger partial charge in [-0.1, -0.05) is 20.3 Å². The van der Waals surface area contributed by atoms with Gasteiger partial charge in [-0.15, -0.1) is 0 Å². The molecular weight excluding hydrogens is 244 g/mol. The van der Waals surface area contributed by atoms with Gasteiger partial charge in [-0.05, 0) is 28.3 Å². The van der Waals surface area contributed by atoms with E-state index in [0.29, 0.717) is 10.4 Å². The molecule has 0 aromatic carbocycles. The molecule has 4 heteroatoms. The van der Waals surface area contributed by atoms with Crippen LogP contribution in [0.1, 0.15) is 26.7 Å². The molecule has 3 nitrogen and oxygen atoms in total. The molecule has 1 rings (SSSR count). The largest absolute Gasteiger partial charge is 0.298 e. The Kier molecular flexibility index (Phi) is 4.32. The summed E-state index contributed by atoms with van der Waals surface area (Å²) < 4.78 is 2.19. The summed E-state index contributed by atoms with van der Waals surface area (Å²) in [6.07, 6.45) is 5.42. The van der Waals surface area contributed by atoms with Crippen LogP contribution in [-0.4, -0.2) is 9.55 Å². The minimum absolute atomic E-state index is 0.00273. The summed E-state index contributed by atoms with van der Waals surface area (Å²) in [5.41, 5.74) is 0.00273. The first-order valence-corrected chi connectivity index (χ1v) is 5.64. The van der Waals surface area contributed by atoms with Crippen molar-refractivity contribution in [2.45, 2.75) is 33.2 Å². The Balaban J connectivity index is 2.77. The molecule has 0 aliphatic carbocycles. The van der Waals surface area contributed by atoms with Crippen molar-refractivity contribution < 1.29 is 0 Å². The van der Waals surface area contributed by atoms with Crippen LogP contribution in [0.15, 0.2) is 21.8 Å². The van der Waals surface area contributed by atoms with E-state index in [1.165, 1.54) is 6.20 Å². The summed E-state index contributed by atoms with van der Waals surface area (Å²) in [5, 5.41) is 0. The lowest BCUT2D eigenvalue weighted by Gasteiger charge is -2.11. The van der Waals surface area contributed by atoms with Gasteiger partial charge in [0, 0.05) is 12.7 Å². The second-order valence-corrected chi connectivity index (χ2v) is 4.45. The van der Waals surface area contributed by atoms with Gasteiger partial charge in [0.2, 0.25) is 0 Å². The third-order valence-corrected chi connectivity index (χ3v) is 2.69. The molecule has 1 aromatic heterocycles. The number of nitrogens with zero attached hydrogens (tertiary/aromatic N) is 2. The Bertz CT molecular complexity index is 348. The number of hydrogen-bond acceptors (Lipinski definition) is 2. The Morgan fingerprint density at radius 1 is 1.64 bits per heavy atom. The van der Waals surface area contributed by atoms with Gasteiger partial charge >= 0.3 is 0 Å². The van der Waals surface area contributed by atoms with Gasteiger partial charge in [0.15, 0.2) is 0 Å². The Hall–Kier alpha value is -0.640. The first kappa shape index (κ1) is 11.4. The molecule has 0 saturated carbocycles. The normalized spacial score (nSPS) is 12.8. The van der Waals surface area contributed by atoms with Crippen LogP contribution < -0.4 is 5.56 Å². The quantitative estimate of drug-likeness (QED) is 0.832. The van der Waals surface area contributed by atoms with Crippen molar-refractivity contribution in [3.05, 3.63) is 27.4 Å². The highest BCUT2D eigenvalue weighted by atomic mass is 79.9. The van der Waals surface area contributed by atoms with E-state index in [0.717, 1.165) is 19.4 Å². The van der Waals surface area contributed by atoms with Gasteiger partial charge < -0.3 is 0 Å². The maximum Gasteiger partial charge on any atom is 0.267 e. The van der Waals surface area contributed by atoms with Crippen LogP contribution >= 0.6 is 15.9 Å². The molecule has 78 valence electrons. The predicted molar refractivity (Wildman–Crippen MR) is 60.3 cm³/mol. The van der Waals surface area contributed by atoms with E-state index in [1.54, 1.807) is 10.9 Å². The number of aromatic nitrogens is 2. The highest BCUT2D eigenvalue weighted by molar-refractivity contribution is 9.10. The summed E-state index contributed by atoms with van der Waals surface area (Å²) in [6, 6.07) is 0. The summed E-state index contributed by atoms with van der Waals surface area (Å²) in [5.74, 6) is 0.522. The van der Waals surface area contributed by atoms with E-state index in [1.807, 2.05) is 0 Å². The Morgan fingerprint density at radius 3 is 3.00 bits per heavy atom. The Labute approximate surface area is 92.3 Å². The molecule has 0 amide bonds. The predicted octanol–water partition coefficient (Wildman–Crippen LogP) is 2.44. The average Bonchev–Trinajstić information content (AvgIpc) is 2.13. The van der Waals surface area contributed by atoms with Crippen LogP contribution in [0.2, 0.25) is 0 Å². The third-order valence-electron chi connectivity index (χ3n) is 2.15. The number of halogens is 1. The molecule has 1 unspecified atom stereocenters. The van der Waals surface area contributed by atoms with Crippen molar-refractivity contribution in [2.75, 3.05) is 0 Å². The summed E-state index contributed by atoms with van der Waals surface area (Å²) in [4.78, 5) is 15.6. The van der Waals surface area contributed by atoms with E-state index >= 15 is 0 Å². The topological polar surface area (TPSA) is 34.9 Å². The van der Waals surface area contributed by atoms with Crippen molar-refractivity contribution in [2.24, 2.45) is 5.92 Å². The molecular formula is C10H15BrN2O. The second kappa shape index (κ2) is 5.29. The fourth-order valence-electron chi connectivity index (χ4n) is 1.47. The van der Waals surface area contributed by atoms with Gasteiger partial charge in [-0.2, -0.15) is 0 Å². The smallest absolute Gasteiger partial charge is 0.267 e. The molecule has 1 atom stereocenters. The van der Waals surface area contributed by atoms with Crippen LogP contribution in [0.3, 0.4) is 0 Å². The molecule has 0 N–H and O–H groups in total. The van der Waals surface area contributed by atoms with Crippen LogP contribution in [0.4, 0.5) is 0 Å². The van der Waals surface area contributed by atoms with Crippen LogP contribution in [0, 0.1) is 5.92 Å². The molecule has 1 aromatic rings. The molecule has 0 aliphatic heterocycles. The van der Waals surface area contributed by atoms with Crippen molar-refractivity contribution in [1.29, 1.82) is 0 Å². The Morgan fingerprint density at radius 2 is 2.36 bits per heavy atom. The van der Waals surface area contributed by atoms with E-state index < -0.39 is 0 Å².